The predicted octanol–water partition coefficient (Wildman–Crippen LogP) is 6.27. The van der Waals surface area contributed by atoms with Crippen molar-refractivity contribution in [2.24, 2.45) is 0 Å². The fourth-order valence-electron chi connectivity index (χ4n) is 4.82. The Hall–Kier alpha value is -2.26. The Morgan fingerprint density at radius 3 is 2.43 bits per heavy atom. The van der Waals surface area contributed by atoms with Crippen molar-refractivity contribution in [1.82, 2.24) is 9.88 Å². The quantitative estimate of drug-likeness (QED) is 0.381. The van der Waals surface area contributed by atoms with Gasteiger partial charge >= 0.3 is 0 Å². The number of hydrogen-bond acceptors (Lipinski definition) is 2. The number of nitrogens with zero attached hydrogens (tertiary/aromatic N) is 1. The molecule has 30 heavy (non-hydrogen) atoms. The molecule has 0 atom stereocenters. The van der Waals surface area contributed by atoms with Gasteiger partial charge in [0.2, 0.25) is 0 Å². The molecule has 1 aliphatic rings. The molecule has 0 fully saturated rings. The second-order valence-corrected chi connectivity index (χ2v) is 8.75. The van der Waals surface area contributed by atoms with E-state index in [0.717, 1.165) is 31.7 Å². The summed E-state index contributed by atoms with van der Waals surface area (Å²) < 4.78 is 7.95. The van der Waals surface area contributed by atoms with Gasteiger partial charge in [0.25, 0.3) is 0 Å². The number of aromatic nitrogens is 1. The first-order valence-electron chi connectivity index (χ1n) is 11.7. The number of rotatable bonds is 11. The Bertz CT molecular complexity index is 934. The van der Waals surface area contributed by atoms with Gasteiger partial charge in [-0.3, -0.25) is 0 Å². The predicted molar refractivity (Wildman–Crippen MR) is 126 cm³/mol. The molecular formula is C27H36N2O. The lowest BCUT2D eigenvalue weighted by molar-refractivity contribution is 0.415. The van der Waals surface area contributed by atoms with Gasteiger partial charge in [0.1, 0.15) is 5.75 Å². The van der Waals surface area contributed by atoms with Crippen LogP contribution in [0.4, 0.5) is 0 Å². The Morgan fingerprint density at radius 2 is 1.70 bits per heavy atom. The van der Waals surface area contributed by atoms with Gasteiger partial charge in [-0.2, -0.15) is 0 Å². The second-order valence-electron chi connectivity index (χ2n) is 8.75. The van der Waals surface area contributed by atoms with Gasteiger partial charge in [0.15, 0.2) is 0 Å². The molecule has 0 unspecified atom stereocenters. The smallest absolute Gasteiger partial charge is 0.120 e. The van der Waals surface area contributed by atoms with Crippen LogP contribution < -0.4 is 10.1 Å². The summed E-state index contributed by atoms with van der Waals surface area (Å²) in [6.07, 6.45) is 12.6. The van der Waals surface area contributed by atoms with E-state index < -0.39 is 0 Å². The molecular weight excluding hydrogens is 368 g/mol. The van der Waals surface area contributed by atoms with Crippen molar-refractivity contribution < 1.29 is 4.74 Å². The molecule has 1 aromatic heterocycles. The molecule has 3 heteroatoms. The molecule has 3 nitrogen and oxygen atoms in total. The zero-order valence-electron chi connectivity index (χ0n) is 18.6. The van der Waals surface area contributed by atoms with Crippen LogP contribution in [0.25, 0.3) is 10.9 Å². The van der Waals surface area contributed by atoms with E-state index in [9.17, 15) is 0 Å². The zero-order chi connectivity index (χ0) is 20.8. The van der Waals surface area contributed by atoms with Crippen LogP contribution in [0, 0.1) is 0 Å². The number of nitrogens with one attached hydrogen (secondary N) is 1. The molecule has 1 aliphatic carbocycles. The van der Waals surface area contributed by atoms with Crippen LogP contribution in [-0.2, 0) is 25.9 Å². The molecule has 1 N–H and O–H groups in total. The number of ether oxygens (including phenoxy) is 1. The molecule has 3 aromatic rings. The summed E-state index contributed by atoms with van der Waals surface area (Å²) in [5.74, 6) is 0.940. The average Bonchev–Trinajstić information content (AvgIpc) is 3.35. The average molecular weight is 405 g/mol. The van der Waals surface area contributed by atoms with Crippen LogP contribution in [0.3, 0.4) is 0 Å². The molecule has 0 bridgehead atoms. The highest BCUT2D eigenvalue weighted by molar-refractivity contribution is 5.85. The van der Waals surface area contributed by atoms with Crippen molar-refractivity contribution in [2.75, 3.05) is 7.11 Å². The van der Waals surface area contributed by atoms with Crippen molar-refractivity contribution in [1.29, 1.82) is 0 Å². The lowest BCUT2D eigenvalue weighted by Crippen LogP contribution is -2.28. The second kappa shape index (κ2) is 10.2. The van der Waals surface area contributed by atoms with Crippen molar-refractivity contribution in [3.63, 3.8) is 0 Å². The van der Waals surface area contributed by atoms with Crippen LogP contribution in [0.1, 0.15) is 62.1 Å². The van der Waals surface area contributed by atoms with Gasteiger partial charge in [0.05, 0.1) is 12.6 Å². The molecule has 0 amide bonds. The lowest BCUT2D eigenvalue weighted by atomic mass is 10.1. The van der Waals surface area contributed by atoms with Crippen LogP contribution in [0.15, 0.2) is 48.7 Å². The Kier molecular flexibility index (Phi) is 7.11. The molecule has 2 aromatic carbocycles. The van der Waals surface area contributed by atoms with E-state index in [1.54, 1.807) is 7.11 Å². The number of unbranched alkanes of at least 4 members (excludes halogenated alkanes) is 5. The maximum Gasteiger partial charge on any atom is 0.120 e. The first kappa shape index (κ1) is 21.0. The normalized spacial score (nSPS) is 13.8. The highest BCUT2D eigenvalue weighted by Crippen LogP contribution is 2.28. The molecule has 0 spiro atoms. The number of aryl methyl sites for hydroxylation is 1. The van der Waals surface area contributed by atoms with Crippen LogP contribution >= 0.6 is 0 Å². The van der Waals surface area contributed by atoms with Gasteiger partial charge < -0.3 is 14.6 Å². The number of methoxy groups -OCH3 is 1. The first-order chi connectivity index (χ1) is 14.8. The van der Waals surface area contributed by atoms with Crippen LogP contribution in [-0.4, -0.2) is 17.7 Å². The maximum absolute atomic E-state index is 5.50. The molecule has 0 aliphatic heterocycles. The van der Waals surface area contributed by atoms with Crippen LogP contribution in [0.2, 0.25) is 0 Å². The summed E-state index contributed by atoms with van der Waals surface area (Å²) in [5, 5.41) is 5.18. The van der Waals surface area contributed by atoms with E-state index >= 15 is 0 Å². The topological polar surface area (TPSA) is 26.2 Å². The van der Waals surface area contributed by atoms with Crippen LogP contribution in [0.5, 0.6) is 5.75 Å². The van der Waals surface area contributed by atoms with E-state index in [2.05, 4.69) is 65.5 Å². The Labute approximate surface area is 181 Å². The van der Waals surface area contributed by atoms with Gasteiger partial charge in [0, 0.05) is 36.8 Å². The highest BCUT2D eigenvalue weighted by Gasteiger charge is 2.21. The maximum atomic E-state index is 5.50. The molecule has 0 saturated carbocycles. The summed E-state index contributed by atoms with van der Waals surface area (Å²) in [7, 11) is 1.75. The van der Waals surface area contributed by atoms with E-state index in [1.807, 2.05) is 0 Å². The van der Waals surface area contributed by atoms with Gasteiger partial charge in [-0.1, -0.05) is 63.3 Å². The third kappa shape index (κ3) is 4.89. The van der Waals surface area contributed by atoms with E-state index in [1.165, 1.54) is 66.1 Å². The third-order valence-corrected chi connectivity index (χ3v) is 6.56. The van der Waals surface area contributed by atoms with E-state index in [-0.39, 0.29) is 0 Å². The van der Waals surface area contributed by atoms with Crippen molar-refractivity contribution in [2.45, 2.75) is 77.4 Å². The Balaban J connectivity index is 1.42. The van der Waals surface area contributed by atoms with Gasteiger partial charge in [-0.05, 0) is 48.1 Å². The zero-order valence-corrected chi connectivity index (χ0v) is 18.6. The Morgan fingerprint density at radius 1 is 0.967 bits per heavy atom. The van der Waals surface area contributed by atoms with Crippen molar-refractivity contribution in [3.05, 3.63) is 65.4 Å². The largest absolute Gasteiger partial charge is 0.497 e. The number of fused-ring (bicyclic) bond motifs is 2. The van der Waals surface area contributed by atoms with Gasteiger partial charge in [-0.15, -0.1) is 0 Å². The van der Waals surface area contributed by atoms with E-state index in [4.69, 9.17) is 4.74 Å². The van der Waals surface area contributed by atoms with E-state index in [0.29, 0.717) is 6.04 Å². The summed E-state index contributed by atoms with van der Waals surface area (Å²) in [6.45, 7) is 4.29. The summed E-state index contributed by atoms with van der Waals surface area (Å²) in [4.78, 5) is 0. The third-order valence-electron chi connectivity index (χ3n) is 6.56. The minimum absolute atomic E-state index is 0.539. The summed E-state index contributed by atoms with van der Waals surface area (Å²) >= 11 is 0. The molecule has 160 valence electrons. The SMILES string of the molecule is CCCCCCCCn1cc(CNC2Cc3ccccc3C2)c2ccc(OC)cc21. The van der Waals surface area contributed by atoms with Gasteiger partial charge in [-0.25, -0.2) is 0 Å². The number of hydrogen-bond donors (Lipinski definition) is 1. The molecule has 4 rings (SSSR count). The molecule has 1 heterocycles. The summed E-state index contributed by atoms with van der Waals surface area (Å²) in [5.41, 5.74) is 5.71. The fourth-order valence-corrected chi connectivity index (χ4v) is 4.82. The first-order valence-corrected chi connectivity index (χ1v) is 11.7. The van der Waals surface area contributed by atoms with Crippen molar-refractivity contribution >= 4 is 10.9 Å². The fraction of sp³-hybridized carbons (Fsp3) is 0.481. The number of benzene rings is 2. The minimum Gasteiger partial charge on any atom is -0.497 e. The highest BCUT2D eigenvalue weighted by atomic mass is 16.5. The monoisotopic (exact) mass is 404 g/mol. The lowest BCUT2D eigenvalue weighted by Gasteiger charge is -2.11. The minimum atomic E-state index is 0.539. The standard InChI is InChI=1S/C27H36N2O/c1-3-4-5-6-7-10-15-29-20-23(26-14-13-25(30-2)18-27(26)29)19-28-24-16-21-11-8-9-12-22(21)17-24/h8-9,11-14,18,20,24,28H,3-7,10,15-17,19H2,1-2H3. The molecule has 0 radical (unpaired) electrons. The summed E-state index contributed by atoms with van der Waals surface area (Å²) in [6, 6.07) is 15.9. The van der Waals surface area contributed by atoms with Crippen molar-refractivity contribution in [3.8, 4) is 5.75 Å². The molecule has 0 saturated heterocycles.